The molecule has 4 nitrogen and oxygen atoms in total. The number of aromatic nitrogens is 2. The SMILES string of the molecule is O=C(NCCc1nccs1)c1cncc(Br)c1. The van der Waals surface area contributed by atoms with Crippen LogP contribution in [0.1, 0.15) is 15.4 Å². The molecule has 0 bridgehead atoms. The predicted molar refractivity (Wildman–Crippen MR) is 70.1 cm³/mol. The molecule has 0 aliphatic rings. The molecule has 0 saturated heterocycles. The zero-order chi connectivity index (χ0) is 12.1. The lowest BCUT2D eigenvalue weighted by atomic mass is 10.2. The van der Waals surface area contributed by atoms with Crippen molar-refractivity contribution in [3.63, 3.8) is 0 Å². The monoisotopic (exact) mass is 311 g/mol. The van der Waals surface area contributed by atoms with Crippen molar-refractivity contribution in [3.05, 3.63) is 45.1 Å². The van der Waals surface area contributed by atoms with Crippen molar-refractivity contribution in [1.82, 2.24) is 15.3 Å². The van der Waals surface area contributed by atoms with E-state index in [-0.39, 0.29) is 5.91 Å². The summed E-state index contributed by atoms with van der Waals surface area (Å²) >= 11 is 4.87. The minimum absolute atomic E-state index is 0.115. The van der Waals surface area contributed by atoms with Crippen molar-refractivity contribution in [2.24, 2.45) is 0 Å². The third kappa shape index (κ3) is 3.61. The molecule has 0 spiro atoms. The topological polar surface area (TPSA) is 54.9 Å². The Balaban J connectivity index is 1.85. The number of hydrogen-bond donors (Lipinski definition) is 1. The lowest BCUT2D eigenvalue weighted by Crippen LogP contribution is -2.25. The number of halogens is 1. The van der Waals surface area contributed by atoms with Crippen molar-refractivity contribution in [3.8, 4) is 0 Å². The van der Waals surface area contributed by atoms with E-state index in [4.69, 9.17) is 0 Å². The molecular formula is C11H10BrN3OS. The van der Waals surface area contributed by atoms with Gasteiger partial charge in [0.1, 0.15) is 0 Å². The summed E-state index contributed by atoms with van der Waals surface area (Å²) in [5, 5.41) is 5.78. The number of nitrogens with zero attached hydrogens (tertiary/aromatic N) is 2. The van der Waals surface area contributed by atoms with E-state index in [0.717, 1.165) is 15.9 Å². The van der Waals surface area contributed by atoms with Gasteiger partial charge in [-0.3, -0.25) is 9.78 Å². The van der Waals surface area contributed by atoms with Gasteiger partial charge < -0.3 is 5.32 Å². The highest BCUT2D eigenvalue weighted by molar-refractivity contribution is 9.10. The zero-order valence-corrected chi connectivity index (χ0v) is 11.3. The van der Waals surface area contributed by atoms with Crippen molar-refractivity contribution in [1.29, 1.82) is 0 Å². The maximum Gasteiger partial charge on any atom is 0.252 e. The van der Waals surface area contributed by atoms with E-state index in [1.54, 1.807) is 36.0 Å². The van der Waals surface area contributed by atoms with Crippen LogP contribution in [0.4, 0.5) is 0 Å². The zero-order valence-electron chi connectivity index (χ0n) is 8.89. The van der Waals surface area contributed by atoms with Crippen LogP contribution in [0.3, 0.4) is 0 Å². The first kappa shape index (κ1) is 12.2. The maximum absolute atomic E-state index is 11.7. The normalized spacial score (nSPS) is 10.2. The summed E-state index contributed by atoms with van der Waals surface area (Å²) in [5.41, 5.74) is 0.554. The van der Waals surface area contributed by atoms with Gasteiger partial charge in [0.2, 0.25) is 0 Å². The van der Waals surface area contributed by atoms with Gasteiger partial charge in [-0.15, -0.1) is 11.3 Å². The van der Waals surface area contributed by atoms with Crippen molar-refractivity contribution < 1.29 is 4.79 Å². The number of carbonyl (C=O) groups excluding carboxylic acids is 1. The summed E-state index contributed by atoms with van der Waals surface area (Å²) in [4.78, 5) is 19.8. The van der Waals surface area contributed by atoms with E-state index < -0.39 is 0 Å². The quantitative estimate of drug-likeness (QED) is 0.942. The van der Waals surface area contributed by atoms with Gasteiger partial charge >= 0.3 is 0 Å². The molecule has 1 amide bonds. The maximum atomic E-state index is 11.7. The Morgan fingerprint density at radius 3 is 3.06 bits per heavy atom. The van der Waals surface area contributed by atoms with Gasteiger partial charge in [0.05, 0.1) is 10.6 Å². The molecule has 0 aromatic carbocycles. The highest BCUT2D eigenvalue weighted by atomic mass is 79.9. The smallest absolute Gasteiger partial charge is 0.252 e. The van der Waals surface area contributed by atoms with Gasteiger partial charge in [0, 0.05) is 41.4 Å². The number of hydrogen-bond acceptors (Lipinski definition) is 4. The molecule has 2 aromatic heterocycles. The molecule has 88 valence electrons. The summed E-state index contributed by atoms with van der Waals surface area (Å²) in [6.45, 7) is 0.582. The van der Waals surface area contributed by atoms with E-state index in [0.29, 0.717) is 12.1 Å². The summed E-state index contributed by atoms with van der Waals surface area (Å²) < 4.78 is 0.796. The first-order chi connectivity index (χ1) is 8.25. The molecule has 0 unspecified atom stereocenters. The number of rotatable bonds is 4. The number of amides is 1. The van der Waals surface area contributed by atoms with Crippen molar-refractivity contribution >= 4 is 33.2 Å². The second-order valence-electron chi connectivity index (χ2n) is 3.32. The Hall–Kier alpha value is -1.27. The van der Waals surface area contributed by atoms with Crippen LogP contribution in [-0.4, -0.2) is 22.4 Å². The van der Waals surface area contributed by atoms with E-state index in [2.05, 4.69) is 31.2 Å². The fourth-order valence-electron chi connectivity index (χ4n) is 1.30. The molecule has 0 aliphatic heterocycles. The fraction of sp³-hybridized carbons (Fsp3) is 0.182. The number of pyridine rings is 1. The second-order valence-corrected chi connectivity index (χ2v) is 5.22. The molecule has 2 aromatic rings. The second kappa shape index (κ2) is 5.88. The van der Waals surface area contributed by atoms with E-state index in [1.165, 1.54) is 0 Å². The van der Waals surface area contributed by atoms with E-state index >= 15 is 0 Å². The molecule has 0 aliphatic carbocycles. The summed E-state index contributed by atoms with van der Waals surface area (Å²) in [7, 11) is 0. The number of thiazole rings is 1. The van der Waals surface area contributed by atoms with Gasteiger partial charge in [0.25, 0.3) is 5.91 Å². The van der Waals surface area contributed by atoms with Crippen LogP contribution in [0.25, 0.3) is 0 Å². The molecule has 2 heterocycles. The molecule has 17 heavy (non-hydrogen) atoms. The highest BCUT2D eigenvalue weighted by Gasteiger charge is 2.05. The fourth-order valence-corrected chi connectivity index (χ4v) is 2.28. The minimum Gasteiger partial charge on any atom is -0.352 e. The Morgan fingerprint density at radius 1 is 1.47 bits per heavy atom. The van der Waals surface area contributed by atoms with Gasteiger partial charge in [-0.2, -0.15) is 0 Å². The molecular weight excluding hydrogens is 302 g/mol. The van der Waals surface area contributed by atoms with Crippen LogP contribution in [0.15, 0.2) is 34.5 Å². The van der Waals surface area contributed by atoms with Crippen LogP contribution >= 0.6 is 27.3 Å². The molecule has 6 heteroatoms. The third-order valence-electron chi connectivity index (χ3n) is 2.07. The number of nitrogens with one attached hydrogen (secondary N) is 1. The standard InChI is InChI=1S/C11H10BrN3OS/c12-9-5-8(6-13-7-9)11(16)15-2-1-10-14-3-4-17-10/h3-7H,1-2H2,(H,15,16). The summed E-state index contributed by atoms with van der Waals surface area (Å²) in [5.74, 6) is -0.115. The van der Waals surface area contributed by atoms with Gasteiger partial charge in [-0.25, -0.2) is 4.98 Å². The molecule has 1 N–H and O–H groups in total. The van der Waals surface area contributed by atoms with E-state index in [1.807, 2.05) is 5.38 Å². The Labute approximate surface area is 111 Å². The lowest BCUT2D eigenvalue weighted by molar-refractivity contribution is 0.0953. The predicted octanol–water partition coefficient (Wildman–Crippen LogP) is 2.27. The van der Waals surface area contributed by atoms with Gasteiger partial charge in [-0.05, 0) is 22.0 Å². The molecule has 0 saturated carbocycles. The molecule has 0 radical (unpaired) electrons. The van der Waals surface area contributed by atoms with Gasteiger partial charge in [-0.1, -0.05) is 0 Å². The van der Waals surface area contributed by atoms with E-state index in [9.17, 15) is 4.79 Å². The highest BCUT2D eigenvalue weighted by Crippen LogP contribution is 2.09. The van der Waals surface area contributed by atoms with Crippen LogP contribution in [0, 0.1) is 0 Å². The minimum atomic E-state index is -0.115. The Morgan fingerprint density at radius 2 is 2.35 bits per heavy atom. The first-order valence-electron chi connectivity index (χ1n) is 5.03. The number of carbonyl (C=O) groups is 1. The Kier molecular flexibility index (Phi) is 4.22. The Bertz CT molecular complexity index is 501. The van der Waals surface area contributed by atoms with Crippen LogP contribution in [0.5, 0.6) is 0 Å². The van der Waals surface area contributed by atoms with Crippen LogP contribution < -0.4 is 5.32 Å². The first-order valence-corrected chi connectivity index (χ1v) is 6.70. The molecule has 0 atom stereocenters. The van der Waals surface area contributed by atoms with Crippen LogP contribution in [-0.2, 0) is 6.42 Å². The summed E-state index contributed by atoms with van der Waals surface area (Å²) in [6.07, 6.45) is 5.71. The third-order valence-corrected chi connectivity index (χ3v) is 3.35. The van der Waals surface area contributed by atoms with Crippen molar-refractivity contribution in [2.45, 2.75) is 6.42 Å². The average Bonchev–Trinajstić information content (AvgIpc) is 2.82. The molecule has 2 rings (SSSR count). The average molecular weight is 312 g/mol. The largest absolute Gasteiger partial charge is 0.352 e. The molecule has 0 fully saturated rings. The van der Waals surface area contributed by atoms with Crippen molar-refractivity contribution in [2.75, 3.05) is 6.54 Å². The van der Waals surface area contributed by atoms with Gasteiger partial charge in [0.15, 0.2) is 0 Å². The lowest BCUT2D eigenvalue weighted by Gasteiger charge is -2.03. The van der Waals surface area contributed by atoms with Crippen LogP contribution in [0.2, 0.25) is 0 Å². The summed E-state index contributed by atoms with van der Waals surface area (Å²) in [6, 6.07) is 1.74.